The minimum absolute atomic E-state index is 0.717. The number of hydrogen-bond donors (Lipinski definition) is 0. The average Bonchev–Trinajstić information content (AvgIpc) is 2.56. The molecule has 0 unspecified atom stereocenters. The van der Waals surface area contributed by atoms with E-state index in [4.69, 9.17) is 4.74 Å². The van der Waals surface area contributed by atoms with Gasteiger partial charge in [-0.15, -0.1) is 0 Å². The Balaban J connectivity index is 2.37. The number of aromatic nitrogens is 3. The van der Waals surface area contributed by atoms with Crippen LogP contribution in [0.3, 0.4) is 0 Å². The van der Waals surface area contributed by atoms with Crippen LogP contribution in [0, 0.1) is 6.92 Å². The molecule has 0 aliphatic rings. The third-order valence-corrected chi connectivity index (χ3v) is 2.98. The molecule has 0 aliphatic heterocycles. The molecule has 0 amide bonds. The summed E-state index contributed by atoms with van der Waals surface area (Å²) >= 11 is 1.77. The van der Waals surface area contributed by atoms with Crippen LogP contribution in [0.25, 0.3) is 11.0 Å². The summed E-state index contributed by atoms with van der Waals surface area (Å²) in [6.45, 7) is 2.69. The number of nitrogens with zero attached hydrogens (tertiary/aromatic N) is 3. The Bertz CT molecular complexity index is 495. The molecule has 0 saturated carbocycles. The molecule has 0 atom stereocenters. The van der Waals surface area contributed by atoms with Crippen molar-refractivity contribution in [2.75, 3.05) is 18.6 Å². The molecule has 0 bridgehead atoms. The van der Waals surface area contributed by atoms with Crippen molar-refractivity contribution >= 4 is 22.8 Å². The minimum atomic E-state index is 0.717. The van der Waals surface area contributed by atoms with Gasteiger partial charge in [0.1, 0.15) is 5.75 Å². The van der Waals surface area contributed by atoms with Crippen LogP contribution >= 0.6 is 11.8 Å². The zero-order valence-corrected chi connectivity index (χ0v) is 10.5. The second-order valence-electron chi connectivity index (χ2n) is 3.56. The molecule has 0 radical (unpaired) electrons. The lowest BCUT2D eigenvalue weighted by molar-refractivity contribution is 0.348. The lowest BCUT2D eigenvalue weighted by Gasteiger charge is -2.06. The van der Waals surface area contributed by atoms with Crippen molar-refractivity contribution in [1.82, 2.24) is 14.8 Å². The summed E-state index contributed by atoms with van der Waals surface area (Å²) in [5, 5.41) is 5.37. The summed E-state index contributed by atoms with van der Waals surface area (Å²) in [7, 11) is 1.90. The maximum atomic E-state index is 5.74. The monoisotopic (exact) mass is 237 g/mol. The van der Waals surface area contributed by atoms with Crippen LogP contribution in [0.4, 0.5) is 0 Å². The highest BCUT2D eigenvalue weighted by Crippen LogP contribution is 2.26. The Morgan fingerprint density at radius 2 is 2.31 bits per heavy atom. The Hall–Kier alpha value is -1.23. The predicted molar refractivity (Wildman–Crippen MR) is 67.1 cm³/mol. The van der Waals surface area contributed by atoms with E-state index in [1.54, 1.807) is 22.6 Å². The van der Waals surface area contributed by atoms with Gasteiger partial charge in [-0.3, -0.25) is 4.68 Å². The molecule has 0 saturated heterocycles. The lowest BCUT2D eigenvalue weighted by atomic mass is 10.2. The molecule has 0 aliphatic carbocycles. The summed E-state index contributed by atoms with van der Waals surface area (Å²) < 4.78 is 7.52. The van der Waals surface area contributed by atoms with Gasteiger partial charge in [0.25, 0.3) is 0 Å². The molecule has 2 aromatic rings. The van der Waals surface area contributed by atoms with E-state index < -0.39 is 0 Å². The van der Waals surface area contributed by atoms with Crippen LogP contribution in [0.5, 0.6) is 5.75 Å². The average molecular weight is 237 g/mol. The third kappa shape index (κ3) is 2.00. The fourth-order valence-electron chi connectivity index (χ4n) is 1.70. The molecular formula is C11H15N3OS. The number of rotatable bonds is 4. The van der Waals surface area contributed by atoms with Gasteiger partial charge in [-0.2, -0.15) is 16.9 Å². The molecule has 4 nitrogen and oxygen atoms in total. The molecular weight excluding hydrogens is 222 g/mol. The van der Waals surface area contributed by atoms with Crippen LogP contribution in [-0.2, 0) is 7.05 Å². The Kier molecular flexibility index (Phi) is 3.33. The van der Waals surface area contributed by atoms with Crippen molar-refractivity contribution < 1.29 is 4.74 Å². The van der Waals surface area contributed by atoms with Crippen molar-refractivity contribution in [2.24, 2.45) is 7.05 Å². The van der Waals surface area contributed by atoms with Crippen molar-refractivity contribution in [1.29, 1.82) is 0 Å². The van der Waals surface area contributed by atoms with Crippen molar-refractivity contribution in [2.45, 2.75) is 6.92 Å². The number of aryl methyl sites for hydroxylation is 2. The Morgan fingerprint density at radius 1 is 1.50 bits per heavy atom. The van der Waals surface area contributed by atoms with Gasteiger partial charge in [-0.05, 0) is 19.2 Å². The maximum absolute atomic E-state index is 5.74. The highest BCUT2D eigenvalue weighted by Gasteiger charge is 2.11. The smallest absolute Gasteiger partial charge is 0.161 e. The van der Waals surface area contributed by atoms with E-state index >= 15 is 0 Å². The van der Waals surface area contributed by atoms with Crippen LogP contribution in [0.2, 0.25) is 0 Å². The first-order chi connectivity index (χ1) is 7.74. The lowest BCUT2D eigenvalue weighted by Crippen LogP contribution is -2.00. The SMILES string of the molecule is CSCCOc1ccnc2c1c(C)nn2C. The summed E-state index contributed by atoms with van der Waals surface area (Å²) in [5.74, 6) is 1.87. The van der Waals surface area contributed by atoms with E-state index in [0.29, 0.717) is 6.61 Å². The van der Waals surface area contributed by atoms with E-state index in [9.17, 15) is 0 Å². The van der Waals surface area contributed by atoms with E-state index in [1.807, 2.05) is 20.0 Å². The topological polar surface area (TPSA) is 39.9 Å². The standard InChI is InChI=1S/C11H15N3OS/c1-8-10-9(15-6-7-16-3)4-5-12-11(10)14(2)13-8/h4-5H,6-7H2,1-3H3. The normalized spacial score (nSPS) is 10.9. The summed E-state index contributed by atoms with van der Waals surface area (Å²) in [4.78, 5) is 4.31. The summed E-state index contributed by atoms with van der Waals surface area (Å²) in [5.41, 5.74) is 1.84. The maximum Gasteiger partial charge on any atom is 0.161 e. The number of fused-ring (bicyclic) bond motifs is 1. The molecule has 0 fully saturated rings. The zero-order chi connectivity index (χ0) is 11.5. The van der Waals surface area contributed by atoms with E-state index in [-0.39, 0.29) is 0 Å². The van der Waals surface area contributed by atoms with Gasteiger partial charge >= 0.3 is 0 Å². The number of hydrogen-bond acceptors (Lipinski definition) is 4. The summed E-state index contributed by atoms with van der Waals surface area (Å²) in [6.07, 6.45) is 3.83. The zero-order valence-electron chi connectivity index (χ0n) is 9.73. The Morgan fingerprint density at radius 3 is 3.06 bits per heavy atom. The van der Waals surface area contributed by atoms with Gasteiger partial charge in [0, 0.05) is 19.0 Å². The number of thioether (sulfide) groups is 1. The van der Waals surface area contributed by atoms with Gasteiger partial charge in [-0.1, -0.05) is 0 Å². The molecule has 5 heteroatoms. The fourth-order valence-corrected chi connectivity index (χ4v) is 1.95. The molecule has 16 heavy (non-hydrogen) atoms. The summed E-state index contributed by atoms with van der Waals surface area (Å²) in [6, 6.07) is 1.90. The Labute approximate surface area is 99.0 Å². The molecule has 0 spiro atoms. The molecule has 2 aromatic heterocycles. The van der Waals surface area contributed by atoms with Crippen molar-refractivity contribution in [3.05, 3.63) is 18.0 Å². The van der Waals surface area contributed by atoms with Gasteiger partial charge in [-0.25, -0.2) is 4.98 Å². The molecule has 2 rings (SSSR count). The quantitative estimate of drug-likeness (QED) is 0.763. The molecule has 86 valence electrons. The third-order valence-electron chi connectivity index (χ3n) is 2.41. The number of ether oxygens (including phenoxy) is 1. The van der Waals surface area contributed by atoms with Crippen LogP contribution in [-0.4, -0.2) is 33.4 Å². The number of pyridine rings is 1. The van der Waals surface area contributed by atoms with E-state index in [0.717, 1.165) is 28.2 Å². The van der Waals surface area contributed by atoms with Gasteiger partial charge in [0.15, 0.2) is 5.65 Å². The predicted octanol–water partition coefficient (Wildman–Crippen LogP) is 2.02. The molecule has 0 aromatic carbocycles. The molecule has 0 N–H and O–H groups in total. The minimum Gasteiger partial charge on any atom is -0.492 e. The van der Waals surface area contributed by atoms with E-state index in [1.165, 1.54) is 0 Å². The van der Waals surface area contributed by atoms with Crippen molar-refractivity contribution in [3.63, 3.8) is 0 Å². The first-order valence-electron chi connectivity index (χ1n) is 5.14. The second-order valence-corrected chi connectivity index (χ2v) is 4.54. The van der Waals surface area contributed by atoms with Gasteiger partial charge in [0.2, 0.25) is 0 Å². The first-order valence-corrected chi connectivity index (χ1v) is 6.53. The molecule has 2 heterocycles. The van der Waals surface area contributed by atoms with E-state index in [2.05, 4.69) is 16.3 Å². The highest BCUT2D eigenvalue weighted by atomic mass is 32.2. The van der Waals surface area contributed by atoms with Crippen molar-refractivity contribution in [3.8, 4) is 5.75 Å². The second kappa shape index (κ2) is 4.74. The highest BCUT2D eigenvalue weighted by molar-refractivity contribution is 7.98. The van der Waals surface area contributed by atoms with Gasteiger partial charge < -0.3 is 4.74 Å². The van der Waals surface area contributed by atoms with Crippen LogP contribution < -0.4 is 4.74 Å². The fraction of sp³-hybridized carbons (Fsp3) is 0.455. The largest absolute Gasteiger partial charge is 0.492 e. The van der Waals surface area contributed by atoms with Crippen LogP contribution in [0.15, 0.2) is 12.3 Å². The van der Waals surface area contributed by atoms with Crippen LogP contribution in [0.1, 0.15) is 5.69 Å². The first kappa shape index (κ1) is 11.3. The van der Waals surface area contributed by atoms with Gasteiger partial charge in [0.05, 0.1) is 17.7 Å².